The summed E-state index contributed by atoms with van der Waals surface area (Å²) >= 11 is 0. The Bertz CT molecular complexity index is 1870. The van der Waals surface area contributed by atoms with Crippen molar-refractivity contribution >= 4 is 99.4 Å². The van der Waals surface area contributed by atoms with E-state index < -0.39 is 56.0 Å². The second-order valence-corrected chi connectivity index (χ2v) is 25.9. The maximum Gasteiger partial charge on any atom is 0.338 e. The lowest BCUT2D eigenvalue weighted by Crippen LogP contribution is -2.62. The number of ketones is 1. The van der Waals surface area contributed by atoms with Crippen LogP contribution in [0.25, 0.3) is 0 Å². The second-order valence-electron chi connectivity index (χ2n) is 22.4. The topological polar surface area (TPSA) is 299 Å². The number of nitrogens with one attached hydrogen (secondary N) is 1. The van der Waals surface area contributed by atoms with E-state index in [0.29, 0.717) is 19.3 Å². The van der Waals surface area contributed by atoms with E-state index >= 15 is 0 Å². The Morgan fingerprint density at radius 3 is 1.56 bits per heavy atom. The third-order valence-electron chi connectivity index (χ3n) is 11.3. The molecule has 25 heteroatoms. The zero-order valence-electron chi connectivity index (χ0n) is 46.1. The van der Waals surface area contributed by atoms with Gasteiger partial charge in [0.2, 0.25) is 0 Å². The van der Waals surface area contributed by atoms with Gasteiger partial charge in [-0.3, -0.25) is 19.2 Å². The number of esters is 4. The molecule has 3 saturated carbocycles. The molecule has 0 spiro atoms. The molecule has 7 atom stereocenters. The Morgan fingerprint density at radius 1 is 0.787 bits per heavy atom. The number of carbonyl (C=O) groups is 5. The molecule has 0 heterocycles. The Labute approximate surface area is 478 Å². The number of hydrogen-bond acceptors (Lipinski definition) is 18. The molecule has 4 rings (SSSR count). The molecule has 4 N–H and O–H groups in total. The van der Waals surface area contributed by atoms with Gasteiger partial charge in [-0.2, -0.15) is 59.5 Å². The van der Waals surface area contributed by atoms with Crippen molar-refractivity contribution < 1.29 is 81.0 Å². The Morgan fingerprint density at radius 2 is 1.21 bits per heavy atom. The minimum Gasteiger partial charge on any atom is -0.593 e. The minimum absolute atomic E-state index is 0. The number of rotatable bonds is 7. The van der Waals surface area contributed by atoms with Crippen LogP contribution in [-0.2, 0) is 66.4 Å². The van der Waals surface area contributed by atoms with Gasteiger partial charge in [-0.15, -0.1) is 9.44 Å². The van der Waals surface area contributed by atoms with Crippen molar-refractivity contribution in [2.45, 2.75) is 219 Å². The van der Waals surface area contributed by atoms with Crippen LogP contribution in [0.15, 0.2) is 22.0 Å². The van der Waals surface area contributed by atoms with Crippen LogP contribution < -0.4 is 5.11 Å². The van der Waals surface area contributed by atoms with E-state index in [1.165, 1.54) is 19.4 Å². The fourth-order valence-electron chi connectivity index (χ4n) is 9.35. The Hall–Kier alpha value is -2.49. The standard InChI is InChI=1S/C28H42O7.2C6H12O2.C5H11N3O2.C2H8O4S.3CH4.4H2S/c1-25(2,3)35-22(31)11-14-34-24(32)28(33-6)13-10-20-19-8-7-17-15-18(29)9-12-26(17,4)23(19)21(30)16-27(20,28)5;2*1-5(7)8-6(2,3)4;1-5(2,3)10-4(9)7-8-6;1-7(2,4,5)6-3;;;;;;;/h15,19-21,23,30H,7-14,16H2,1-6H3;2*1-4H3;1-3H3,(H2,6,7,9);3H,1-2H3,(H,4,5);3*1H4;4*1H2/p-1/t19?,20?,21?,23?,26?,27?,28-;;;;;;;;;;;/m1.........../s1. The molecule has 4 aliphatic rings. The molecule has 0 aliphatic heterocycles. The highest BCUT2D eigenvalue weighted by Crippen LogP contribution is 2.68. The van der Waals surface area contributed by atoms with Gasteiger partial charge in [0.05, 0.1) is 12.5 Å². The van der Waals surface area contributed by atoms with E-state index in [0.717, 1.165) is 38.2 Å². The van der Waals surface area contributed by atoms with Crippen molar-refractivity contribution in [1.82, 2.24) is 0 Å². The Kier molecular flexibility index (Phi) is 41.0. The van der Waals surface area contributed by atoms with Gasteiger partial charge in [0.1, 0.15) is 33.0 Å². The summed E-state index contributed by atoms with van der Waals surface area (Å²) in [6.07, 6.45) is 7.08. The van der Waals surface area contributed by atoms with E-state index in [9.17, 15) is 38.4 Å². The van der Waals surface area contributed by atoms with Crippen LogP contribution in [0.4, 0.5) is 0 Å². The highest BCUT2D eigenvalue weighted by atomic mass is 32.3. The lowest BCUT2D eigenvalue weighted by molar-refractivity contribution is -0.260. The molecular weight excluding hydrogens is 1070 g/mol. The van der Waals surface area contributed by atoms with Crippen LogP contribution >= 0.6 is 54.0 Å². The number of allylic oxidation sites excluding steroid dienone is 1. The lowest BCUT2D eigenvalue weighted by atomic mass is 9.45. The third kappa shape index (κ3) is 31.6. The summed E-state index contributed by atoms with van der Waals surface area (Å²) in [6.45, 7) is 28.6. The summed E-state index contributed by atoms with van der Waals surface area (Å²) in [7, 11) is -2.51. The number of ether oxygens (including phenoxy) is 6. The lowest BCUT2D eigenvalue weighted by Gasteiger charge is -2.60. The smallest absolute Gasteiger partial charge is 0.338 e. The van der Waals surface area contributed by atoms with E-state index in [4.69, 9.17) is 39.0 Å². The van der Waals surface area contributed by atoms with Crippen molar-refractivity contribution in [2.24, 2.45) is 38.9 Å². The van der Waals surface area contributed by atoms with Gasteiger partial charge in [0.15, 0.2) is 17.5 Å². The highest BCUT2D eigenvalue weighted by molar-refractivity contribution is 8.09. The zero-order valence-corrected chi connectivity index (χ0v) is 50.9. The first kappa shape index (κ1) is 89.1. The largest absolute Gasteiger partial charge is 0.593 e. The van der Waals surface area contributed by atoms with Crippen LogP contribution in [0.1, 0.15) is 184 Å². The summed E-state index contributed by atoms with van der Waals surface area (Å²) < 4.78 is 53.0. The predicted octanol–water partition coefficient (Wildman–Crippen LogP) is 9.61. The molecule has 0 radical (unpaired) electrons. The third-order valence-corrected chi connectivity index (χ3v) is 11.7. The number of nitrogens with zero attached hydrogens (tertiary/aromatic N) is 2. The van der Waals surface area contributed by atoms with Crippen LogP contribution in [0.2, 0.25) is 0 Å². The molecule has 0 aromatic rings. The number of methoxy groups -OCH3 is 1. The first-order valence-electron chi connectivity index (χ1n) is 22.6. The van der Waals surface area contributed by atoms with Gasteiger partial charge < -0.3 is 43.2 Å². The molecule has 4 aliphatic carbocycles. The summed E-state index contributed by atoms with van der Waals surface area (Å²) in [5.41, 5.74) is 3.67. The molecule has 75 heavy (non-hydrogen) atoms. The maximum absolute atomic E-state index is 13.5. The molecule has 3 fully saturated rings. The van der Waals surface area contributed by atoms with Crippen molar-refractivity contribution in [3.63, 3.8) is 0 Å². The predicted molar refractivity (Wildman–Crippen MR) is 314 cm³/mol. The van der Waals surface area contributed by atoms with Gasteiger partial charge in [0, 0.05) is 50.9 Å². The molecule has 0 saturated heterocycles. The average Bonchev–Trinajstić information content (AvgIpc) is 3.41. The van der Waals surface area contributed by atoms with E-state index in [1.54, 1.807) is 48.7 Å². The molecule has 20 nitrogen and oxygen atoms in total. The molecule has 0 bridgehead atoms. The van der Waals surface area contributed by atoms with E-state index in [1.807, 2.05) is 47.6 Å². The molecular formula is C50H104N3O17S5-. The van der Waals surface area contributed by atoms with Crippen molar-refractivity contribution in [3.05, 3.63) is 11.6 Å². The van der Waals surface area contributed by atoms with Crippen molar-refractivity contribution in [1.29, 1.82) is 5.53 Å². The van der Waals surface area contributed by atoms with Crippen LogP contribution in [0.3, 0.4) is 0 Å². The fourth-order valence-corrected chi connectivity index (χ4v) is 9.35. The number of aliphatic hydroxyl groups is 1. The molecule has 0 aromatic heterocycles. The summed E-state index contributed by atoms with van der Waals surface area (Å²) in [5, 5.41) is 35.0. The quantitative estimate of drug-likeness (QED) is 0.0351. The summed E-state index contributed by atoms with van der Waals surface area (Å²) in [4.78, 5) is 58.1. The SMILES string of the molecule is C.C.C.CC(=O)OC(C)(C)C.CC(=O)OC(C)(C)C.CC(C)(C)OC([O-])=NN=N.CO[C@@]1(C(=O)OCCC(=O)OC(C)(C)C)CCC2C3CCC4=CC(=O)CCC4(C)C3C(O)CC21C.CS(C)(=O)(O)OO.S.S.S.S. The summed E-state index contributed by atoms with van der Waals surface area (Å²) in [6, 6.07) is 0. The monoisotopic (exact) mass is 1180 g/mol. The zero-order chi connectivity index (χ0) is 53.7. The minimum atomic E-state index is -4.06. The molecule has 6 unspecified atom stereocenters. The van der Waals surface area contributed by atoms with Gasteiger partial charge >= 0.3 is 23.9 Å². The summed E-state index contributed by atoms with van der Waals surface area (Å²) in [5.74, 6) is -0.575. The highest BCUT2D eigenvalue weighted by Gasteiger charge is 2.70. The van der Waals surface area contributed by atoms with Crippen molar-refractivity contribution in [2.75, 3.05) is 26.2 Å². The van der Waals surface area contributed by atoms with Gasteiger partial charge in [-0.25, -0.2) is 14.3 Å². The maximum atomic E-state index is 13.5. The van der Waals surface area contributed by atoms with Crippen LogP contribution in [0, 0.1) is 34.1 Å². The second kappa shape index (κ2) is 34.5. The van der Waals surface area contributed by atoms with Gasteiger partial charge in [-0.1, -0.05) is 67.7 Å². The number of fused-ring (bicyclic) bond motifs is 5. The van der Waals surface area contributed by atoms with E-state index in [2.05, 4.69) is 33.2 Å². The first-order chi connectivity index (χ1) is 30.4. The normalized spacial score (nSPS) is 24.8. The van der Waals surface area contributed by atoms with Crippen LogP contribution in [0.5, 0.6) is 0 Å². The first-order valence-corrected chi connectivity index (χ1v) is 25.3. The van der Waals surface area contributed by atoms with Gasteiger partial charge in [-0.05, 0) is 130 Å². The van der Waals surface area contributed by atoms with Crippen LogP contribution in [-0.4, -0.2) is 115 Å². The average molecular weight is 1180 g/mol. The molecule has 0 aromatic carbocycles. The Balaban J connectivity index is -0.000000155. The fraction of sp³-hybridized carbons (Fsp3) is 0.840. The van der Waals surface area contributed by atoms with Crippen molar-refractivity contribution in [3.8, 4) is 0 Å². The molecule has 0 amide bonds. The molecule has 452 valence electrons. The van der Waals surface area contributed by atoms with Gasteiger partial charge in [0.25, 0.3) is 0 Å². The number of hydrogen-bond donors (Lipinski definition) is 4. The number of carbonyl (C=O) groups excluding carboxylic acids is 5. The van der Waals surface area contributed by atoms with E-state index in [-0.39, 0.29) is 141 Å². The number of aliphatic hydroxyl groups excluding tert-OH is 1.